The molecule has 0 aliphatic carbocycles. The van der Waals surface area contributed by atoms with Gasteiger partial charge < -0.3 is 19.9 Å². The Labute approximate surface area is 135 Å². The maximum absolute atomic E-state index is 12.0. The van der Waals surface area contributed by atoms with Gasteiger partial charge in [0.15, 0.2) is 0 Å². The lowest BCUT2D eigenvalue weighted by atomic mass is 10.1. The van der Waals surface area contributed by atoms with Crippen molar-refractivity contribution in [2.75, 3.05) is 11.9 Å². The minimum Gasteiger partial charge on any atom is -0.486 e. The fourth-order valence-corrected chi connectivity index (χ4v) is 2.68. The van der Waals surface area contributed by atoms with Crippen LogP contribution in [0.15, 0.2) is 36.7 Å². The van der Waals surface area contributed by atoms with Crippen LogP contribution in [0.1, 0.15) is 25.1 Å². The lowest BCUT2D eigenvalue weighted by Crippen LogP contribution is -2.27. The third-order valence-corrected chi connectivity index (χ3v) is 4.02. The largest absolute Gasteiger partial charge is 0.486 e. The van der Waals surface area contributed by atoms with E-state index in [1.54, 1.807) is 6.20 Å². The zero-order chi connectivity index (χ0) is 16.1. The van der Waals surface area contributed by atoms with Gasteiger partial charge in [-0.05, 0) is 43.7 Å². The Morgan fingerprint density at radius 3 is 2.91 bits per heavy atom. The number of rotatable bonds is 6. The predicted molar refractivity (Wildman–Crippen MR) is 88.3 cm³/mol. The van der Waals surface area contributed by atoms with Crippen LogP contribution in [0.5, 0.6) is 5.75 Å². The van der Waals surface area contributed by atoms with E-state index in [9.17, 15) is 4.79 Å². The van der Waals surface area contributed by atoms with Crippen LogP contribution in [0.3, 0.4) is 0 Å². The molecule has 6 nitrogen and oxygen atoms in total. The monoisotopic (exact) mass is 314 g/mol. The Balaban J connectivity index is 1.48. The molecule has 1 aliphatic rings. The van der Waals surface area contributed by atoms with Crippen LogP contribution in [0.4, 0.5) is 5.69 Å². The number of nitrogens with one attached hydrogen (secondary N) is 2. The summed E-state index contributed by atoms with van der Waals surface area (Å²) in [6.45, 7) is 1.43. The molecule has 1 aliphatic heterocycles. The van der Waals surface area contributed by atoms with Crippen molar-refractivity contribution < 1.29 is 9.53 Å². The number of carbonyl (C=O) groups is 1. The Kier molecular flexibility index (Phi) is 4.92. The van der Waals surface area contributed by atoms with Crippen LogP contribution in [-0.4, -0.2) is 28.0 Å². The average Bonchev–Trinajstić information content (AvgIpc) is 3.18. The predicted octanol–water partition coefficient (Wildman–Crippen LogP) is 2.08. The normalized spacial score (nSPS) is 17.2. The summed E-state index contributed by atoms with van der Waals surface area (Å²) in [7, 11) is 1.93. The summed E-state index contributed by atoms with van der Waals surface area (Å²) in [5.74, 6) is 1.67. The lowest BCUT2D eigenvalue weighted by Gasteiger charge is -2.11. The molecule has 1 saturated heterocycles. The Hall–Kier alpha value is -2.34. The number of hydrogen-bond donors (Lipinski definition) is 2. The van der Waals surface area contributed by atoms with Crippen LogP contribution in [-0.2, 0) is 18.4 Å². The topological polar surface area (TPSA) is 68.2 Å². The molecule has 122 valence electrons. The highest BCUT2D eigenvalue weighted by Gasteiger charge is 2.17. The highest BCUT2D eigenvalue weighted by atomic mass is 16.5. The summed E-state index contributed by atoms with van der Waals surface area (Å²) in [4.78, 5) is 16.2. The Morgan fingerprint density at radius 1 is 1.43 bits per heavy atom. The molecule has 1 amide bonds. The minimum absolute atomic E-state index is 0.0473. The highest BCUT2D eigenvalue weighted by molar-refractivity contribution is 5.91. The third-order valence-electron chi connectivity index (χ3n) is 4.02. The quantitative estimate of drug-likeness (QED) is 0.856. The second-order valence-electron chi connectivity index (χ2n) is 5.81. The molecule has 0 spiro atoms. The van der Waals surface area contributed by atoms with Crippen LogP contribution in [0.2, 0.25) is 0 Å². The second-order valence-corrected chi connectivity index (χ2v) is 5.81. The van der Waals surface area contributed by atoms with Crippen LogP contribution >= 0.6 is 0 Å². The van der Waals surface area contributed by atoms with Crippen LogP contribution < -0.4 is 15.4 Å². The average molecular weight is 314 g/mol. The lowest BCUT2D eigenvalue weighted by molar-refractivity contribution is -0.116. The standard InChI is InChI=1S/C17H22N4O2/c1-21-10-9-19-16(21)12-23-15-6-4-13(5-7-15)20-17(22)11-14-3-2-8-18-14/h4-7,9-10,14,18H,2-3,8,11-12H2,1H3,(H,20,22). The first kappa shape index (κ1) is 15.6. The van der Waals surface area contributed by atoms with Crippen molar-refractivity contribution in [2.24, 2.45) is 7.05 Å². The molecular weight excluding hydrogens is 292 g/mol. The molecule has 23 heavy (non-hydrogen) atoms. The molecule has 1 aromatic heterocycles. The van der Waals surface area contributed by atoms with E-state index in [1.807, 2.05) is 42.1 Å². The summed E-state index contributed by atoms with van der Waals surface area (Å²) >= 11 is 0. The number of carbonyl (C=O) groups excluding carboxylic acids is 1. The summed E-state index contributed by atoms with van der Waals surface area (Å²) in [6, 6.07) is 7.73. The van der Waals surface area contributed by atoms with Crippen LogP contribution in [0, 0.1) is 0 Å². The first-order chi connectivity index (χ1) is 11.2. The van der Waals surface area contributed by atoms with Gasteiger partial charge in [-0.25, -0.2) is 4.98 Å². The molecule has 1 unspecified atom stereocenters. The van der Waals surface area contributed by atoms with Crippen molar-refractivity contribution >= 4 is 11.6 Å². The summed E-state index contributed by atoms with van der Waals surface area (Å²) in [5, 5.41) is 6.25. The van der Waals surface area contributed by atoms with Gasteiger partial charge in [-0.3, -0.25) is 4.79 Å². The summed E-state index contributed by atoms with van der Waals surface area (Å²) in [5.41, 5.74) is 0.789. The molecule has 6 heteroatoms. The van der Waals surface area contributed by atoms with Gasteiger partial charge in [0.25, 0.3) is 0 Å². The highest BCUT2D eigenvalue weighted by Crippen LogP contribution is 2.17. The maximum Gasteiger partial charge on any atom is 0.225 e. The molecule has 2 heterocycles. The Bertz CT molecular complexity index is 645. The van der Waals surface area contributed by atoms with Crippen molar-refractivity contribution in [3.05, 3.63) is 42.5 Å². The van der Waals surface area contributed by atoms with Gasteiger partial charge in [0.2, 0.25) is 5.91 Å². The number of aromatic nitrogens is 2. The van der Waals surface area contributed by atoms with Gasteiger partial charge in [0.05, 0.1) is 0 Å². The zero-order valence-electron chi connectivity index (χ0n) is 13.3. The molecule has 1 aromatic carbocycles. The first-order valence-corrected chi connectivity index (χ1v) is 7.93. The van der Waals surface area contributed by atoms with Crippen molar-refractivity contribution in [1.29, 1.82) is 0 Å². The number of imidazole rings is 1. The zero-order valence-corrected chi connectivity index (χ0v) is 13.3. The molecule has 0 radical (unpaired) electrons. The summed E-state index contributed by atoms with van der Waals surface area (Å²) in [6.07, 6.45) is 6.39. The van der Waals surface area contributed by atoms with Crippen molar-refractivity contribution in [1.82, 2.24) is 14.9 Å². The number of benzene rings is 1. The fourth-order valence-electron chi connectivity index (χ4n) is 2.68. The fraction of sp³-hybridized carbons (Fsp3) is 0.412. The van der Waals surface area contributed by atoms with Crippen molar-refractivity contribution in [3.63, 3.8) is 0 Å². The third kappa shape index (κ3) is 4.32. The first-order valence-electron chi connectivity index (χ1n) is 7.93. The van der Waals surface area contributed by atoms with E-state index in [-0.39, 0.29) is 5.91 Å². The van der Waals surface area contributed by atoms with Gasteiger partial charge in [-0.15, -0.1) is 0 Å². The van der Waals surface area contributed by atoms with Gasteiger partial charge in [0.1, 0.15) is 18.2 Å². The molecular formula is C17H22N4O2. The van der Waals surface area contributed by atoms with E-state index in [4.69, 9.17) is 4.74 Å². The van der Waals surface area contributed by atoms with E-state index < -0.39 is 0 Å². The van der Waals surface area contributed by atoms with Crippen molar-refractivity contribution in [3.8, 4) is 5.75 Å². The smallest absolute Gasteiger partial charge is 0.225 e. The molecule has 1 atom stereocenters. The van der Waals surface area contributed by atoms with Gasteiger partial charge in [-0.2, -0.15) is 0 Å². The van der Waals surface area contributed by atoms with Crippen molar-refractivity contribution in [2.45, 2.75) is 31.9 Å². The van der Waals surface area contributed by atoms with Gasteiger partial charge in [0, 0.05) is 37.6 Å². The molecule has 3 rings (SSSR count). The molecule has 0 saturated carbocycles. The van der Waals surface area contributed by atoms with E-state index in [2.05, 4.69) is 15.6 Å². The SMILES string of the molecule is Cn1ccnc1COc1ccc(NC(=O)CC2CCCN2)cc1. The Morgan fingerprint density at radius 2 is 2.26 bits per heavy atom. The van der Waals surface area contributed by atoms with E-state index in [1.165, 1.54) is 0 Å². The van der Waals surface area contributed by atoms with Gasteiger partial charge in [-0.1, -0.05) is 0 Å². The minimum atomic E-state index is 0.0473. The number of nitrogens with zero attached hydrogens (tertiary/aromatic N) is 2. The second kappa shape index (κ2) is 7.28. The number of ether oxygens (including phenoxy) is 1. The number of hydrogen-bond acceptors (Lipinski definition) is 4. The molecule has 2 aromatic rings. The van der Waals surface area contributed by atoms with Gasteiger partial charge >= 0.3 is 0 Å². The van der Waals surface area contributed by atoms with E-state index >= 15 is 0 Å². The van der Waals surface area contributed by atoms with Crippen LogP contribution in [0.25, 0.3) is 0 Å². The number of anilines is 1. The summed E-state index contributed by atoms with van der Waals surface area (Å²) < 4.78 is 7.62. The van der Waals surface area contributed by atoms with E-state index in [0.29, 0.717) is 19.1 Å². The maximum atomic E-state index is 12.0. The number of amides is 1. The number of aryl methyl sites for hydroxylation is 1. The van der Waals surface area contributed by atoms with E-state index in [0.717, 1.165) is 36.6 Å². The molecule has 0 bridgehead atoms. The molecule has 1 fully saturated rings. The molecule has 2 N–H and O–H groups in total.